The monoisotopic (exact) mass is 368 g/mol. The minimum absolute atomic E-state index is 0.300. The van der Waals surface area contributed by atoms with E-state index in [-0.39, 0.29) is 0 Å². The van der Waals surface area contributed by atoms with E-state index in [1.165, 1.54) is 12.1 Å². The Hall–Kier alpha value is -2.70. The van der Waals surface area contributed by atoms with Gasteiger partial charge in [0.25, 0.3) is 0 Å². The second kappa shape index (κ2) is 8.60. The molecule has 0 spiro atoms. The van der Waals surface area contributed by atoms with Crippen LogP contribution in [0, 0.1) is 5.92 Å². The van der Waals surface area contributed by atoms with E-state index in [0.717, 1.165) is 12.1 Å². The number of halogens is 3. The third kappa shape index (κ3) is 5.98. The Bertz CT molecular complexity index is 709. The summed E-state index contributed by atoms with van der Waals surface area (Å²) in [6.07, 6.45) is -3.22. The zero-order valence-corrected chi connectivity index (χ0v) is 14.1. The molecule has 2 aromatic carbocycles. The number of ether oxygens (including phenoxy) is 2. The normalized spacial score (nSPS) is 12.5. The molecule has 140 valence electrons. The predicted octanol–water partition coefficient (Wildman–Crippen LogP) is 5.38. The summed E-state index contributed by atoms with van der Waals surface area (Å²) in [5.41, 5.74) is -0.731. The molecule has 1 atom stereocenters. The van der Waals surface area contributed by atoms with Crippen molar-refractivity contribution in [3.63, 3.8) is 0 Å². The molecule has 0 aliphatic carbocycles. The Morgan fingerprint density at radius 1 is 1.00 bits per heavy atom. The lowest BCUT2D eigenvalue weighted by atomic mass is 10.1. The number of benzene rings is 2. The quantitative estimate of drug-likeness (QED) is 0.636. The molecular formula is C19H19F3O4. The highest BCUT2D eigenvalue weighted by Crippen LogP contribution is 2.31. The van der Waals surface area contributed by atoms with Crippen molar-refractivity contribution in [3.8, 4) is 17.2 Å². The van der Waals surface area contributed by atoms with Gasteiger partial charge in [-0.15, -0.1) is 0 Å². The van der Waals surface area contributed by atoms with E-state index in [1.54, 1.807) is 31.2 Å². The second-order valence-corrected chi connectivity index (χ2v) is 5.83. The number of aliphatic carboxylic acids is 1. The van der Waals surface area contributed by atoms with Gasteiger partial charge in [0.15, 0.2) is 0 Å². The average molecular weight is 368 g/mol. The minimum Gasteiger partial charge on any atom is -0.494 e. The van der Waals surface area contributed by atoms with E-state index in [1.807, 2.05) is 0 Å². The molecule has 0 fully saturated rings. The largest absolute Gasteiger partial charge is 0.494 e. The SMILES string of the molecule is CC(CCCOc1ccc(Oc2ccc(C(F)(F)F)cc2)cc1)C(=O)O. The summed E-state index contributed by atoms with van der Waals surface area (Å²) < 4.78 is 48.6. The van der Waals surface area contributed by atoms with Crippen LogP contribution >= 0.6 is 0 Å². The molecule has 7 heteroatoms. The first-order chi connectivity index (χ1) is 12.3. The second-order valence-electron chi connectivity index (χ2n) is 5.83. The first-order valence-electron chi connectivity index (χ1n) is 8.06. The van der Waals surface area contributed by atoms with E-state index >= 15 is 0 Å². The third-order valence-electron chi connectivity index (χ3n) is 3.71. The molecule has 0 aliphatic rings. The topological polar surface area (TPSA) is 55.8 Å². The zero-order valence-electron chi connectivity index (χ0n) is 14.1. The number of carboxylic acid groups (broad SMARTS) is 1. The number of rotatable bonds is 8. The van der Waals surface area contributed by atoms with Gasteiger partial charge in [-0.25, -0.2) is 0 Å². The molecule has 0 saturated heterocycles. The van der Waals surface area contributed by atoms with Gasteiger partial charge in [0.05, 0.1) is 18.1 Å². The van der Waals surface area contributed by atoms with Crippen molar-refractivity contribution in [2.24, 2.45) is 5.92 Å². The number of carboxylic acids is 1. The lowest BCUT2D eigenvalue weighted by Gasteiger charge is -2.10. The van der Waals surface area contributed by atoms with Gasteiger partial charge in [0, 0.05) is 0 Å². The fraction of sp³-hybridized carbons (Fsp3) is 0.316. The molecule has 0 aromatic heterocycles. The molecule has 0 radical (unpaired) electrons. The van der Waals surface area contributed by atoms with Crippen molar-refractivity contribution in [1.82, 2.24) is 0 Å². The van der Waals surface area contributed by atoms with Crippen LogP contribution in [0.15, 0.2) is 48.5 Å². The van der Waals surface area contributed by atoms with E-state index < -0.39 is 23.6 Å². The summed E-state index contributed by atoms with van der Waals surface area (Å²) >= 11 is 0. The van der Waals surface area contributed by atoms with Crippen molar-refractivity contribution in [2.45, 2.75) is 25.9 Å². The van der Waals surface area contributed by atoms with Gasteiger partial charge in [-0.2, -0.15) is 13.2 Å². The molecule has 2 rings (SSSR count). The minimum atomic E-state index is -4.38. The first kappa shape index (κ1) is 19.6. The molecule has 0 amide bonds. The van der Waals surface area contributed by atoms with Gasteiger partial charge in [-0.1, -0.05) is 6.92 Å². The van der Waals surface area contributed by atoms with Gasteiger partial charge in [0.1, 0.15) is 17.2 Å². The maximum Gasteiger partial charge on any atom is 0.416 e. The molecule has 2 aromatic rings. The number of alkyl halides is 3. The highest BCUT2D eigenvalue weighted by atomic mass is 19.4. The summed E-state index contributed by atoms with van der Waals surface area (Å²) in [5, 5.41) is 8.79. The Kier molecular flexibility index (Phi) is 6.49. The van der Waals surface area contributed by atoms with E-state index in [2.05, 4.69) is 0 Å². The van der Waals surface area contributed by atoms with Crippen molar-refractivity contribution < 1.29 is 32.5 Å². The summed E-state index contributed by atoms with van der Waals surface area (Å²) in [6, 6.07) is 11.1. The van der Waals surface area contributed by atoms with Crippen molar-refractivity contribution in [1.29, 1.82) is 0 Å². The van der Waals surface area contributed by atoms with Crippen LogP contribution in [0.3, 0.4) is 0 Å². The van der Waals surface area contributed by atoms with Crippen LogP contribution in [0.2, 0.25) is 0 Å². The first-order valence-corrected chi connectivity index (χ1v) is 8.06. The summed E-state index contributed by atoms with van der Waals surface area (Å²) in [4.78, 5) is 10.7. The van der Waals surface area contributed by atoms with Crippen LogP contribution in [0.5, 0.6) is 17.2 Å². The van der Waals surface area contributed by atoms with Gasteiger partial charge < -0.3 is 14.6 Å². The van der Waals surface area contributed by atoms with Gasteiger partial charge in [-0.3, -0.25) is 4.79 Å². The standard InChI is InChI=1S/C19H19F3O4/c1-13(18(23)24)3-2-12-25-15-8-10-17(11-9-15)26-16-6-4-14(5-7-16)19(20,21)22/h4-11,13H,2-3,12H2,1H3,(H,23,24). The highest BCUT2D eigenvalue weighted by molar-refractivity contribution is 5.69. The smallest absolute Gasteiger partial charge is 0.416 e. The predicted molar refractivity (Wildman–Crippen MR) is 89.5 cm³/mol. The maximum absolute atomic E-state index is 12.5. The summed E-state index contributed by atoms with van der Waals surface area (Å²) in [5.74, 6) is 0.145. The summed E-state index contributed by atoms with van der Waals surface area (Å²) in [7, 11) is 0. The maximum atomic E-state index is 12.5. The Labute approximate surface area is 149 Å². The van der Waals surface area contributed by atoms with Crippen LogP contribution in [0.4, 0.5) is 13.2 Å². The lowest BCUT2D eigenvalue weighted by molar-refractivity contribution is -0.141. The lowest BCUT2D eigenvalue weighted by Crippen LogP contribution is -2.10. The van der Waals surface area contributed by atoms with Gasteiger partial charge >= 0.3 is 12.1 Å². The Morgan fingerprint density at radius 3 is 2.00 bits per heavy atom. The van der Waals surface area contributed by atoms with E-state index in [9.17, 15) is 18.0 Å². The van der Waals surface area contributed by atoms with Crippen molar-refractivity contribution in [2.75, 3.05) is 6.61 Å². The molecule has 4 nitrogen and oxygen atoms in total. The fourth-order valence-electron chi connectivity index (χ4n) is 2.15. The molecule has 0 aliphatic heterocycles. The molecule has 1 N–H and O–H groups in total. The Morgan fingerprint density at radius 2 is 1.50 bits per heavy atom. The van der Waals surface area contributed by atoms with Gasteiger partial charge in [-0.05, 0) is 61.4 Å². The molecular weight excluding hydrogens is 349 g/mol. The fourth-order valence-corrected chi connectivity index (χ4v) is 2.15. The molecule has 26 heavy (non-hydrogen) atoms. The van der Waals surface area contributed by atoms with Crippen LogP contribution in [-0.4, -0.2) is 17.7 Å². The zero-order chi connectivity index (χ0) is 19.2. The van der Waals surface area contributed by atoms with E-state index in [4.69, 9.17) is 14.6 Å². The third-order valence-corrected chi connectivity index (χ3v) is 3.71. The molecule has 0 bridgehead atoms. The number of hydrogen-bond acceptors (Lipinski definition) is 3. The van der Waals surface area contributed by atoms with Crippen LogP contribution in [0.25, 0.3) is 0 Å². The van der Waals surface area contributed by atoms with Crippen molar-refractivity contribution in [3.05, 3.63) is 54.1 Å². The molecule has 1 unspecified atom stereocenters. The number of hydrogen-bond donors (Lipinski definition) is 1. The summed E-state index contributed by atoms with van der Waals surface area (Å²) in [6.45, 7) is 2.05. The van der Waals surface area contributed by atoms with Crippen LogP contribution < -0.4 is 9.47 Å². The van der Waals surface area contributed by atoms with Crippen LogP contribution in [-0.2, 0) is 11.0 Å². The molecule has 0 heterocycles. The highest BCUT2D eigenvalue weighted by Gasteiger charge is 2.30. The van der Waals surface area contributed by atoms with Crippen LogP contribution in [0.1, 0.15) is 25.3 Å². The van der Waals surface area contributed by atoms with Crippen molar-refractivity contribution >= 4 is 5.97 Å². The van der Waals surface area contributed by atoms with Gasteiger partial charge in [0.2, 0.25) is 0 Å². The number of carbonyl (C=O) groups is 1. The Balaban J connectivity index is 1.83. The molecule has 0 saturated carbocycles. The van der Waals surface area contributed by atoms with E-state index in [0.29, 0.717) is 36.7 Å². The average Bonchev–Trinajstić information content (AvgIpc) is 2.59.